The molecular formula is C40H56O5. The summed E-state index contributed by atoms with van der Waals surface area (Å²) in [6.45, 7) is 18.7. The van der Waals surface area contributed by atoms with E-state index in [-0.39, 0.29) is 33.4 Å². The normalized spacial score (nSPS) is 42.6. The van der Waals surface area contributed by atoms with Crippen molar-refractivity contribution in [2.45, 2.75) is 99.3 Å². The van der Waals surface area contributed by atoms with Gasteiger partial charge in [-0.15, -0.1) is 0 Å². The molecule has 0 radical (unpaired) electrons. The first-order chi connectivity index (χ1) is 21.2. The number of fused-ring (bicyclic) bond motifs is 7. The lowest BCUT2D eigenvalue weighted by atomic mass is 9.32. The predicted octanol–water partition coefficient (Wildman–Crippen LogP) is 9.10. The summed E-state index contributed by atoms with van der Waals surface area (Å²) in [5, 5.41) is 0. The van der Waals surface area contributed by atoms with Crippen molar-refractivity contribution >= 4 is 17.8 Å². The van der Waals surface area contributed by atoms with E-state index in [1.165, 1.54) is 5.57 Å². The highest BCUT2D eigenvalue weighted by Gasteiger charge is 2.72. The molecule has 5 aliphatic carbocycles. The maximum absolute atomic E-state index is 14.3. The average Bonchev–Trinajstić information content (AvgIpc) is 3.41. The van der Waals surface area contributed by atoms with Crippen LogP contribution in [0.2, 0.25) is 0 Å². The molecule has 246 valence electrons. The lowest BCUT2D eigenvalue weighted by molar-refractivity contribution is -0.232. The zero-order valence-electron chi connectivity index (χ0n) is 29.3. The Balaban J connectivity index is 1.42. The van der Waals surface area contributed by atoms with Crippen molar-refractivity contribution in [1.82, 2.24) is 0 Å². The lowest BCUT2D eigenvalue weighted by Crippen LogP contribution is -2.67. The van der Waals surface area contributed by atoms with Gasteiger partial charge in [0.15, 0.2) is 17.3 Å². The molecule has 5 fully saturated rings. The first-order valence-electron chi connectivity index (χ1n) is 17.4. The largest absolute Gasteiger partial charge is 0.493 e. The second-order valence-electron chi connectivity index (χ2n) is 16.8. The van der Waals surface area contributed by atoms with Crippen LogP contribution < -0.4 is 9.47 Å². The number of ketones is 1. The molecule has 0 spiro atoms. The Bertz CT molecular complexity index is 1440. The summed E-state index contributed by atoms with van der Waals surface area (Å²) in [6, 6.07) is 5.89. The molecule has 5 nitrogen and oxygen atoms in total. The van der Waals surface area contributed by atoms with E-state index in [4.69, 9.17) is 14.2 Å². The molecule has 0 aromatic heterocycles. The topological polar surface area (TPSA) is 61.8 Å². The van der Waals surface area contributed by atoms with Gasteiger partial charge >= 0.3 is 5.97 Å². The maximum atomic E-state index is 14.3. The van der Waals surface area contributed by atoms with E-state index < -0.39 is 5.41 Å². The second kappa shape index (κ2) is 10.7. The lowest BCUT2D eigenvalue weighted by Gasteiger charge is -2.72. The van der Waals surface area contributed by atoms with Crippen LogP contribution in [-0.4, -0.2) is 33.1 Å². The van der Waals surface area contributed by atoms with Crippen molar-refractivity contribution in [2.24, 2.45) is 56.7 Å². The molecule has 1 aromatic carbocycles. The Morgan fingerprint density at radius 2 is 1.62 bits per heavy atom. The number of carbonyl (C=O) groups excluding carboxylic acids is 2. The average molecular weight is 617 g/mol. The number of para-hydroxylation sites is 1. The van der Waals surface area contributed by atoms with Gasteiger partial charge in [-0.3, -0.25) is 9.59 Å². The standard InChI is InChI=1S/C40H56O5/c1-24(2)27-16-19-40(35(42)45-10)21-20-38(6)28(32(27)40)14-15-31-37(5)23-26(22-25-12-11-13-29(43-8)33(25)44-9)34(41)36(3,4)30(37)17-18-39(31,38)7/h11-13,22,27-28,30-32H,1,14-21,23H2,2-10H3/b26-22-/t27-,28+,30+,31+,32+,37-,38+,39+,40-/m0/s1. The third-order valence-corrected chi connectivity index (χ3v) is 15.0. The third kappa shape index (κ3) is 4.23. The zero-order valence-corrected chi connectivity index (χ0v) is 29.3. The zero-order chi connectivity index (χ0) is 32.7. The van der Waals surface area contributed by atoms with Crippen LogP contribution in [-0.2, 0) is 14.3 Å². The minimum Gasteiger partial charge on any atom is -0.493 e. The van der Waals surface area contributed by atoms with E-state index in [2.05, 4.69) is 54.2 Å². The number of methoxy groups -OCH3 is 3. The number of carbonyl (C=O) groups is 2. The third-order valence-electron chi connectivity index (χ3n) is 15.0. The van der Waals surface area contributed by atoms with E-state index >= 15 is 0 Å². The molecule has 0 saturated heterocycles. The van der Waals surface area contributed by atoms with Crippen LogP contribution in [0.25, 0.3) is 6.08 Å². The van der Waals surface area contributed by atoms with E-state index in [0.29, 0.717) is 41.1 Å². The molecule has 0 bridgehead atoms. The molecule has 0 unspecified atom stereocenters. The molecule has 5 heteroatoms. The number of allylic oxidation sites excluding steroid dienone is 2. The molecule has 6 rings (SSSR count). The van der Waals surface area contributed by atoms with Gasteiger partial charge in [-0.2, -0.15) is 0 Å². The molecule has 0 aliphatic heterocycles. The van der Waals surface area contributed by atoms with Gasteiger partial charge in [0.2, 0.25) is 0 Å². The molecule has 45 heavy (non-hydrogen) atoms. The van der Waals surface area contributed by atoms with Gasteiger partial charge in [-0.25, -0.2) is 0 Å². The molecule has 5 saturated carbocycles. The minimum atomic E-state index is -0.451. The van der Waals surface area contributed by atoms with Gasteiger partial charge in [0.1, 0.15) is 0 Å². The fourth-order valence-electron chi connectivity index (χ4n) is 12.9. The number of Topliss-reactive ketones (excluding diaryl/α,β-unsaturated/α-hetero) is 1. The molecule has 9 atom stereocenters. The van der Waals surface area contributed by atoms with Crippen molar-refractivity contribution in [3.8, 4) is 11.5 Å². The number of hydrogen-bond acceptors (Lipinski definition) is 5. The highest BCUT2D eigenvalue weighted by Crippen LogP contribution is 2.77. The Labute approximate surface area is 271 Å². The number of rotatable bonds is 5. The Kier molecular flexibility index (Phi) is 7.73. The van der Waals surface area contributed by atoms with Crippen molar-refractivity contribution in [3.05, 3.63) is 41.5 Å². The number of hydrogen-bond donors (Lipinski definition) is 0. The fourth-order valence-corrected chi connectivity index (χ4v) is 12.9. The van der Waals surface area contributed by atoms with Crippen molar-refractivity contribution < 1.29 is 23.8 Å². The van der Waals surface area contributed by atoms with Gasteiger partial charge < -0.3 is 14.2 Å². The maximum Gasteiger partial charge on any atom is 0.312 e. The van der Waals surface area contributed by atoms with Crippen molar-refractivity contribution in [3.63, 3.8) is 0 Å². The van der Waals surface area contributed by atoms with Crippen LogP contribution in [0, 0.1) is 56.7 Å². The first-order valence-corrected chi connectivity index (χ1v) is 17.4. The Morgan fingerprint density at radius 3 is 2.27 bits per heavy atom. The molecule has 1 aromatic rings. The fraction of sp³-hybridized carbons (Fsp3) is 0.700. The quantitative estimate of drug-likeness (QED) is 0.188. The van der Waals surface area contributed by atoms with E-state index in [1.54, 1.807) is 21.3 Å². The number of esters is 1. The summed E-state index contributed by atoms with van der Waals surface area (Å²) in [5.74, 6) is 3.58. The Morgan fingerprint density at radius 1 is 0.889 bits per heavy atom. The molecule has 0 amide bonds. The van der Waals surface area contributed by atoms with Gasteiger partial charge in [-0.1, -0.05) is 58.9 Å². The molecular weight excluding hydrogens is 560 g/mol. The highest BCUT2D eigenvalue weighted by atomic mass is 16.5. The van der Waals surface area contributed by atoms with E-state index in [1.807, 2.05) is 18.2 Å². The summed E-state index contributed by atoms with van der Waals surface area (Å²) >= 11 is 0. The van der Waals surface area contributed by atoms with Crippen molar-refractivity contribution in [2.75, 3.05) is 21.3 Å². The van der Waals surface area contributed by atoms with Crippen molar-refractivity contribution in [1.29, 1.82) is 0 Å². The van der Waals surface area contributed by atoms with Crippen LogP contribution in [0.3, 0.4) is 0 Å². The van der Waals surface area contributed by atoms with Crippen LogP contribution >= 0.6 is 0 Å². The first kappa shape index (κ1) is 32.4. The summed E-state index contributed by atoms with van der Waals surface area (Å²) in [4.78, 5) is 27.9. The summed E-state index contributed by atoms with van der Waals surface area (Å²) < 4.78 is 16.9. The van der Waals surface area contributed by atoms with Crippen LogP contribution in [0.4, 0.5) is 0 Å². The minimum absolute atomic E-state index is 0.0107. The Hall–Kier alpha value is -2.56. The highest BCUT2D eigenvalue weighted by molar-refractivity contribution is 6.04. The molecule has 5 aliphatic rings. The SMILES string of the molecule is C=C(C)[C@@H]1CC[C@]2(C(=O)OC)CC[C@]3(C)[C@H](CC[C@@H]4[C@@]5(C)C/C(=C/c6cccc(OC)c6OC)C(=O)C(C)(C)[C@H]5CC[C@]43C)[C@@H]12. The monoisotopic (exact) mass is 616 g/mol. The van der Waals surface area contributed by atoms with Gasteiger partial charge in [0.05, 0.1) is 26.7 Å². The molecule has 0 N–H and O–H groups in total. The smallest absolute Gasteiger partial charge is 0.312 e. The molecule has 0 heterocycles. The van der Waals surface area contributed by atoms with Gasteiger partial charge in [0, 0.05) is 11.0 Å². The number of ether oxygens (including phenoxy) is 3. The summed E-state index contributed by atoms with van der Waals surface area (Å²) in [6.07, 6.45) is 11.3. The van der Waals surface area contributed by atoms with Crippen LogP contribution in [0.5, 0.6) is 11.5 Å². The second-order valence-corrected chi connectivity index (χ2v) is 16.8. The van der Waals surface area contributed by atoms with Gasteiger partial charge in [-0.05, 0) is 128 Å². The van der Waals surface area contributed by atoms with Crippen LogP contribution in [0.1, 0.15) is 105 Å². The number of benzene rings is 1. The van der Waals surface area contributed by atoms with E-state index in [9.17, 15) is 9.59 Å². The predicted molar refractivity (Wildman–Crippen MR) is 179 cm³/mol. The summed E-state index contributed by atoms with van der Waals surface area (Å²) in [5.41, 5.74) is 2.41. The van der Waals surface area contributed by atoms with E-state index in [0.717, 1.165) is 68.9 Å². The van der Waals surface area contributed by atoms with Gasteiger partial charge in [0.25, 0.3) is 0 Å². The summed E-state index contributed by atoms with van der Waals surface area (Å²) in [7, 11) is 4.89. The van der Waals surface area contributed by atoms with Crippen LogP contribution in [0.15, 0.2) is 35.9 Å².